The van der Waals surface area contributed by atoms with Crippen LogP contribution in [0.3, 0.4) is 0 Å². The van der Waals surface area contributed by atoms with Crippen molar-refractivity contribution in [2.24, 2.45) is 0 Å². The van der Waals surface area contributed by atoms with Crippen molar-refractivity contribution in [2.45, 2.75) is 309 Å². The van der Waals surface area contributed by atoms with E-state index >= 15 is 0 Å². The Hall–Kier alpha value is -4.57. The van der Waals surface area contributed by atoms with Gasteiger partial charge in [0.1, 0.15) is 25.4 Å². The SMILES string of the molecule is CC/C=C\C/C=C\C/C=C\C/C=C\C/C=C\C/C=C\CCCCCCCCC(=O)OCC(O)COP(=O)(O)OCC(O)COP(=O)(O)OCC(COC(=O)CCCCCCCCC/C=C\C/C=C\C/C=C\C/C=C\C/C=C\CC)OC(=O)CCCCCCC/C=C\CCCCCCCC. The number of phosphoric acid groups is 2. The number of carbonyl (C=O) groups excluding carboxylic acids is 3. The number of phosphoric ester groups is 2. The van der Waals surface area contributed by atoms with Gasteiger partial charge in [0.05, 0.1) is 26.4 Å². The van der Waals surface area contributed by atoms with Crippen LogP contribution in [0.15, 0.2) is 146 Å². The Kier molecular flexibility index (Phi) is 69.8. The number of unbranched alkanes of at least 4 members (excludes halogenated alkanes) is 24. The lowest BCUT2D eigenvalue weighted by Gasteiger charge is -2.21. The molecule has 0 saturated carbocycles. The van der Waals surface area contributed by atoms with Crippen LogP contribution in [0.5, 0.6) is 0 Å². The molecule has 5 atom stereocenters. The third kappa shape index (κ3) is 74.4. The monoisotopic (exact) mass is 1430 g/mol. The van der Waals surface area contributed by atoms with Crippen LogP contribution in [0, 0.1) is 0 Å². The van der Waals surface area contributed by atoms with Crippen molar-refractivity contribution < 1.29 is 75.8 Å². The molecular formula is C81H136O16P2. The van der Waals surface area contributed by atoms with E-state index < -0.39 is 91.5 Å². The first-order valence-electron chi connectivity index (χ1n) is 38.1. The number of hydrogen-bond donors (Lipinski definition) is 4. The molecule has 0 rings (SSSR count). The maximum atomic E-state index is 13.0. The highest BCUT2D eigenvalue weighted by atomic mass is 31.2. The van der Waals surface area contributed by atoms with Crippen molar-refractivity contribution in [3.05, 3.63) is 146 Å². The van der Waals surface area contributed by atoms with Crippen LogP contribution in [0.4, 0.5) is 0 Å². The first-order chi connectivity index (χ1) is 48.2. The Morgan fingerprint density at radius 3 is 0.859 bits per heavy atom. The standard InChI is InChI=1S/C81H136O16P2/c1-4-7-10-13-16-19-22-25-28-30-32-34-36-37-39-41-42-44-47-49-52-55-58-61-64-67-79(84)91-70-76(82)71-93-98(87,88)94-72-77(83)73-95-99(89,90)96-75-78(97-81(86)69-66-63-60-57-54-51-46-27-24-21-18-15-12-9-6-3)74-92-80(85)68-65-62-59-56-53-50-48-45-43-40-38-35-33-31-29-26-23-20-17-14-11-8-5-2/h7-8,10-11,16-17,19-20,25-29,32-35,37,39-40,42-44,46,76-78,82-83H,4-6,9,12-15,18,21-24,30-31,36,38,41,45,47-75H2,1-3H3,(H,87,88)(H,89,90)/b10-7-,11-8-,19-16-,20-17-,28-25-,29-26-,34-32-,35-33-,39-37-,43-40-,44-42-,46-27-. The molecule has 0 spiro atoms. The molecule has 16 nitrogen and oxygen atoms in total. The summed E-state index contributed by atoms with van der Waals surface area (Å²) in [6, 6.07) is 0. The number of hydrogen-bond acceptors (Lipinski definition) is 14. The minimum atomic E-state index is -4.94. The van der Waals surface area contributed by atoms with Gasteiger partial charge in [-0.15, -0.1) is 0 Å². The van der Waals surface area contributed by atoms with Crippen LogP contribution in [0.2, 0.25) is 0 Å². The smallest absolute Gasteiger partial charge is 0.463 e. The summed E-state index contributed by atoms with van der Waals surface area (Å²) < 4.78 is 61.1. The maximum Gasteiger partial charge on any atom is 0.472 e. The second-order valence-corrected chi connectivity index (χ2v) is 27.9. The van der Waals surface area contributed by atoms with Crippen molar-refractivity contribution in [1.82, 2.24) is 0 Å². The Morgan fingerprint density at radius 2 is 0.535 bits per heavy atom. The molecule has 4 N–H and O–H groups in total. The molecule has 0 heterocycles. The fourth-order valence-corrected chi connectivity index (χ4v) is 11.4. The van der Waals surface area contributed by atoms with E-state index in [2.05, 4.69) is 167 Å². The zero-order valence-corrected chi connectivity index (χ0v) is 63.4. The average molecular weight is 1430 g/mol. The van der Waals surface area contributed by atoms with Gasteiger partial charge in [0.15, 0.2) is 6.10 Å². The maximum absolute atomic E-state index is 13.0. The molecule has 0 aromatic rings. The number of allylic oxidation sites excluding steroid dienone is 24. The van der Waals surface area contributed by atoms with Gasteiger partial charge >= 0.3 is 33.6 Å². The molecule has 0 bridgehead atoms. The van der Waals surface area contributed by atoms with E-state index in [0.29, 0.717) is 19.3 Å². The van der Waals surface area contributed by atoms with Gasteiger partial charge in [0.2, 0.25) is 0 Å². The van der Waals surface area contributed by atoms with Crippen molar-refractivity contribution in [3.63, 3.8) is 0 Å². The molecule has 0 amide bonds. The van der Waals surface area contributed by atoms with E-state index in [0.717, 1.165) is 193 Å². The van der Waals surface area contributed by atoms with Crippen LogP contribution < -0.4 is 0 Å². The lowest BCUT2D eigenvalue weighted by atomic mass is 10.1. The Labute approximate surface area is 600 Å². The highest BCUT2D eigenvalue weighted by Crippen LogP contribution is 2.45. The summed E-state index contributed by atoms with van der Waals surface area (Å²) in [6.45, 7) is 2.40. The van der Waals surface area contributed by atoms with Gasteiger partial charge in [0, 0.05) is 19.3 Å². The average Bonchev–Trinajstić information content (AvgIpc) is 1.57. The molecule has 0 fully saturated rings. The minimum absolute atomic E-state index is 0.0884. The van der Waals surface area contributed by atoms with Crippen LogP contribution in [-0.4, -0.2) is 95.9 Å². The molecule has 5 unspecified atom stereocenters. The van der Waals surface area contributed by atoms with E-state index in [9.17, 15) is 43.5 Å². The van der Waals surface area contributed by atoms with Gasteiger partial charge < -0.3 is 34.2 Å². The van der Waals surface area contributed by atoms with E-state index in [1.807, 2.05) is 0 Å². The molecule has 0 aliphatic rings. The number of aliphatic hydroxyl groups excluding tert-OH is 2. The Morgan fingerprint density at radius 1 is 0.293 bits per heavy atom. The summed E-state index contributed by atoms with van der Waals surface area (Å²) in [5.74, 6) is -1.61. The van der Waals surface area contributed by atoms with Crippen molar-refractivity contribution >= 4 is 33.6 Å². The minimum Gasteiger partial charge on any atom is -0.463 e. The molecule has 0 aromatic heterocycles. The molecule has 566 valence electrons. The van der Waals surface area contributed by atoms with Crippen molar-refractivity contribution in [3.8, 4) is 0 Å². The van der Waals surface area contributed by atoms with Gasteiger partial charge in [-0.25, -0.2) is 9.13 Å². The lowest BCUT2D eigenvalue weighted by Crippen LogP contribution is -2.30. The van der Waals surface area contributed by atoms with E-state index in [1.54, 1.807) is 0 Å². The zero-order valence-electron chi connectivity index (χ0n) is 61.6. The normalized spacial score (nSPS) is 14.9. The first kappa shape index (κ1) is 94.4. The third-order valence-corrected chi connectivity index (χ3v) is 17.4. The Balaban J connectivity index is 4.65. The predicted octanol–water partition coefficient (Wildman–Crippen LogP) is 22.1. The van der Waals surface area contributed by atoms with Crippen molar-refractivity contribution in [2.75, 3.05) is 39.6 Å². The quantitative estimate of drug-likeness (QED) is 0.0146. The topological polar surface area (TPSA) is 231 Å². The molecular weight excluding hydrogens is 1290 g/mol. The van der Waals surface area contributed by atoms with E-state index in [-0.39, 0.29) is 19.3 Å². The molecule has 0 saturated heterocycles. The second-order valence-electron chi connectivity index (χ2n) is 25.0. The Bertz CT molecular complexity index is 2380. The van der Waals surface area contributed by atoms with Gasteiger partial charge in [0.25, 0.3) is 0 Å². The summed E-state index contributed by atoms with van der Waals surface area (Å²) in [6.07, 6.45) is 88.8. The highest BCUT2D eigenvalue weighted by Gasteiger charge is 2.29. The largest absolute Gasteiger partial charge is 0.472 e. The summed E-state index contributed by atoms with van der Waals surface area (Å²) in [7, 11) is -9.80. The molecule has 18 heteroatoms. The van der Waals surface area contributed by atoms with Gasteiger partial charge in [-0.05, 0) is 141 Å². The summed E-state index contributed by atoms with van der Waals surface area (Å²) in [5.41, 5.74) is 0. The summed E-state index contributed by atoms with van der Waals surface area (Å²) in [5, 5.41) is 20.6. The molecule has 99 heavy (non-hydrogen) atoms. The van der Waals surface area contributed by atoms with E-state index in [1.165, 1.54) is 38.5 Å². The molecule has 0 aliphatic carbocycles. The summed E-state index contributed by atoms with van der Waals surface area (Å²) >= 11 is 0. The van der Waals surface area contributed by atoms with Crippen LogP contribution in [-0.2, 0) is 55.8 Å². The third-order valence-electron chi connectivity index (χ3n) is 15.5. The summed E-state index contributed by atoms with van der Waals surface area (Å²) in [4.78, 5) is 58.6. The van der Waals surface area contributed by atoms with Crippen LogP contribution >= 0.6 is 15.6 Å². The fourth-order valence-electron chi connectivity index (χ4n) is 9.77. The zero-order chi connectivity index (χ0) is 72.3. The predicted molar refractivity (Wildman–Crippen MR) is 408 cm³/mol. The molecule has 0 radical (unpaired) electrons. The first-order valence-corrected chi connectivity index (χ1v) is 41.1. The number of carbonyl (C=O) groups is 3. The van der Waals surface area contributed by atoms with Crippen molar-refractivity contribution in [1.29, 1.82) is 0 Å². The van der Waals surface area contributed by atoms with Crippen LogP contribution in [0.25, 0.3) is 0 Å². The number of aliphatic hydroxyl groups is 2. The highest BCUT2D eigenvalue weighted by molar-refractivity contribution is 7.47. The molecule has 0 aliphatic heterocycles. The number of esters is 3. The molecule has 0 aromatic carbocycles. The van der Waals surface area contributed by atoms with Gasteiger partial charge in [-0.3, -0.25) is 32.5 Å². The number of rotatable bonds is 71. The fraction of sp³-hybridized carbons (Fsp3) is 0.667. The van der Waals surface area contributed by atoms with E-state index in [4.69, 9.17) is 32.3 Å². The van der Waals surface area contributed by atoms with Crippen LogP contribution in [0.1, 0.15) is 290 Å². The van der Waals surface area contributed by atoms with Gasteiger partial charge in [-0.1, -0.05) is 276 Å². The lowest BCUT2D eigenvalue weighted by molar-refractivity contribution is -0.161. The number of ether oxygens (including phenoxy) is 3. The van der Waals surface area contributed by atoms with Gasteiger partial charge in [-0.2, -0.15) is 0 Å². The second kappa shape index (κ2) is 73.2.